The first-order valence-corrected chi connectivity index (χ1v) is 6.60. The molecular weight excluding hydrogens is 254 g/mol. The molecule has 2 aromatic carbocycles. The highest BCUT2D eigenvalue weighted by Gasteiger charge is 1.98. The SMILES string of the molecule is Cc1cccc(COc2ccc(CC(N)=S)cc2)c1. The molecule has 0 aliphatic rings. The summed E-state index contributed by atoms with van der Waals surface area (Å²) in [6.07, 6.45) is 0.632. The molecule has 0 bridgehead atoms. The van der Waals surface area contributed by atoms with Crippen LogP contribution in [0.25, 0.3) is 0 Å². The molecule has 0 amide bonds. The zero-order valence-corrected chi connectivity index (χ0v) is 11.7. The normalized spacial score (nSPS) is 10.2. The van der Waals surface area contributed by atoms with Crippen LogP contribution in [-0.4, -0.2) is 4.99 Å². The number of thiocarbonyl (C=S) groups is 1. The first-order chi connectivity index (χ1) is 9.13. The van der Waals surface area contributed by atoms with E-state index < -0.39 is 0 Å². The number of rotatable bonds is 5. The molecule has 0 unspecified atom stereocenters. The molecular formula is C16H17NOS. The van der Waals surface area contributed by atoms with Crippen molar-refractivity contribution in [3.8, 4) is 5.75 Å². The second kappa shape index (κ2) is 6.34. The molecule has 19 heavy (non-hydrogen) atoms. The molecule has 2 nitrogen and oxygen atoms in total. The van der Waals surface area contributed by atoms with Crippen molar-refractivity contribution in [1.82, 2.24) is 0 Å². The van der Waals surface area contributed by atoms with Crippen molar-refractivity contribution in [1.29, 1.82) is 0 Å². The third kappa shape index (κ3) is 4.38. The van der Waals surface area contributed by atoms with Gasteiger partial charge in [-0.05, 0) is 30.2 Å². The topological polar surface area (TPSA) is 35.2 Å². The second-order valence-electron chi connectivity index (χ2n) is 4.56. The molecule has 0 aromatic heterocycles. The van der Waals surface area contributed by atoms with Crippen LogP contribution in [0.4, 0.5) is 0 Å². The summed E-state index contributed by atoms with van der Waals surface area (Å²) >= 11 is 4.88. The van der Waals surface area contributed by atoms with Crippen LogP contribution >= 0.6 is 12.2 Å². The highest BCUT2D eigenvalue weighted by molar-refractivity contribution is 7.80. The first-order valence-electron chi connectivity index (χ1n) is 6.19. The molecule has 98 valence electrons. The zero-order valence-electron chi connectivity index (χ0n) is 10.9. The predicted octanol–water partition coefficient (Wildman–Crippen LogP) is 3.40. The third-order valence-corrected chi connectivity index (χ3v) is 2.93. The summed E-state index contributed by atoms with van der Waals surface area (Å²) in [5, 5.41) is 0. The van der Waals surface area contributed by atoms with Gasteiger partial charge in [-0.1, -0.05) is 54.2 Å². The molecule has 0 radical (unpaired) electrons. The summed E-state index contributed by atoms with van der Waals surface area (Å²) in [6.45, 7) is 2.66. The minimum Gasteiger partial charge on any atom is -0.489 e. The molecule has 3 heteroatoms. The van der Waals surface area contributed by atoms with Crippen LogP contribution in [0.3, 0.4) is 0 Å². The highest BCUT2D eigenvalue weighted by Crippen LogP contribution is 2.15. The Bertz CT molecular complexity index is 563. The van der Waals surface area contributed by atoms with Crippen LogP contribution < -0.4 is 10.5 Å². The lowest BCUT2D eigenvalue weighted by atomic mass is 10.1. The van der Waals surface area contributed by atoms with E-state index in [1.54, 1.807) is 0 Å². The van der Waals surface area contributed by atoms with Crippen molar-refractivity contribution in [2.45, 2.75) is 20.0 Å². The van der Waals surface area contributed by atoms with Crippen LogP contribution in [0.2, 0.25) is 0 Å². The van der Waals surface area contributed by atoms with Crippen molar-refractivity contribution in [3.63, 3.8) is 0 Å². The van der Waals surface area contributed by atoms with Gasteiger partial charge in [0.05, 0.1) is 4.99 Å². The molecule has 0 aliphatic carbocycles. The lowest BCUT2D eigenvalue weighted by molar-refractivity contribution is 0.306. The van der Waals surface area contributed by atoms with Crippen molar-refractivity contribution >= 4 is 17.2 Å². The predicted molar refractivity (Wildman–Crippen MR) is 82.4 cm³/mol. The summed E-state index contributed by atoms with van der Waals surface area (Å²) in [5.74, 6) is 0.855. The summed E-state index contributed by atoms with van der Waals surface area (Å²) in [5.41, 5.74) is 9.04. The fourth-order valence-corrected chi connectivity index (χ4v) is 2.04. The minimum absolute atomic E-state index is 0.508. The van der Waals surface area contributed by atoms with Crippen LogP contribution in [-0.2, 0) is 13.0 Å². The van der Waals surface area contributed by atoms with Crippen molar-refractivity contribution in [2.24, 2.45) is 5.73 Å². The number of hydrogen-bond acceptors (Lipinski definition) is 2. The maximum absolute atomic E-state index is 5.74. The van der Waals surface area contributed by atoms with Crippen LogP contribution in [0, 0.1) is 6.92 Å². The first kappa shape index (κ1) is 13.6. The summed E-state index contributed by atoms with van der Waals surface area (Å²) in [4.78, 5) is 0.508. The number of nitrogens with two attached hydrogens (primary N) is 1. The van der Waals surface area contributed by atoms with E-state index in [-0.39, 0.29) is 0 Å². The molecule has 2 N–H and O–H groups in total. The molecule has 0 saturated heterocycles. The van der Waals surface area contributed by atoms with E-state index in [2.05, 4.69) is 25.1 Å². The van der Waals surface area contributed by atoms with E-state index in [4.69, 9.17) is 22.7 Å². The molecule has 0 fully saturated rings. The smallest absolute Gasteiger partial charge is 0.119 e. The van der Waals surface area contributed by atoms with Gasteiger partial charge in [-0.15, -0.1) is 0 Å². The van der Waals surface area contributed by atoms with E-state index in [1.165, 1.54) is 11.1 Å². The summed E-state index contributed by atoms with van der Waals surface area (Å²) in [6, 6.07) is 16.2. The van der Waals surface area contributed by atoms with Crippen molar-refractivity contribution < 1.29 is 4.74 Å². The van der Waals surface area contributed by atoms with E-state index in [0.717, 1.165) is 11.3 Å². The third-order valence-electron chi connectivity index (χ3n) is 2.79. The van der Waals surface area contributed by atoms with Crippen LogP contribution in [0.5, 0.6) is 5.75 Å². The van der Waals surface area contributed by atoms with Crippen molar-refractivity contribution in [2.75, 3.05) is 0 Å². The van der Waals surface area contributed by atoms with Gasteiger partial charge in [0.2, 0.25) is 0 Å². The Labute approximate surface area is 119 Å². The fourth-order valence-electron chi connectivity index (χ4n) is 1.87. The van der Waals surface area contributed by atoms with Gasteiger partial charge in [-0.3, -0.25) is 0 Å². The second-order valence-corrected chi connectivity index (χ2v) is 5.09. The Morgan fingerprint density at radius 3 is 2.47 bits per heavy atom. The van der Waals surface area contributed by atoms with Crippen LogP contribution in [0.1, 0.15) is 16.7 Å². The Morgan fingerprint density at radius 2 is 1.84 bits per heavy atom. The maximum atomic E-state index is 5.74. The number of aryl methyl sites for hydroxylation is 1. The maximum Gasteiger partial charge on any atom is 0.119 e. The van der Waals surface area contributed by atoms with E-state index in [0.29, 0.717) is 18.0 Å². The van der Waals surface area contributed by atoms with Gasteiger partial charge < -0.3 is 10.5 Å². The van der Waals surface area contributed by atoms with Gasteiger partial charge in [0, 0.05) is 6.42 Å². The standard InChI is InChI=1S/C16H17NOS/c1-12-3-2-4-14(9-12)11-18-15-7-5-13(6-8-15)10-16(17)19/h2-9H,10-11H2,1H3,(H2,17,19). The van der Waals surface area contributed by atoms with E-state index in [1.807, 2.05) is 30.3 Å². The molecule has 0 atom stereocenters. The van der Waals surface area contributed by atoms with Crippen LogP contribution in [0.15, 0.2) is 48.5 Å². The molecule has 2 rings (SSSR count). The van der Waals surface area contributed by atoms with Crippen molar-refractivity contribution in [3.05, 3.63) is 65.2 Å². The monoisotopic (exact) mass is 271 g/mol. The summed E-state index contributed by atoms with van der Waals surface area (Å²) in [7, 11) is 0. The average molecular weight is 271 g/mol. The lowest BCUT2D eigenvalue weighted by Gasteiger charge is -2.08. The fraction of sp³-hybridized carbons (Fsp3) is 0.188. The average Bonchev–Trinajstić information content (AvgIpc) is 2.37. The summed E-state index contributed by atoms with van der Waals surface area (Å²) < 4.78 is 5.74. The Morgan fingerprint density at radius 1 is 1.11 bits per heavy atom. The number of ether oxygens (including phenoxy) is 1. The van der Waals surface area contributed by atoms with Gasteiger partial charge in [0.15, 0.2) is 0 Å². The van der Waals surface area contributed by atoms with E-state index in [9.17, 15) is 0 Å². The lowest BCUT2D eigenvalue weighted by Crippen LogP contribution is -2.10. The van der Waals surface area contributed by atoms with Gasteiger partial charge in [-0.25, -0.2) is 0 Å². The number of benzene rings is 2. The van der Waals surface area contributed by atoms with Gasteiger partial charge in [0.25, 0.3) is 0 Å². The van der Waals surface area contributed by atoms with Gasteiger partial charge in [0.1, 0.15) is 12.4 Å². The molecule has 0 saturated carbocycles. The molecule has 2 aromatic rings. The minimum atomic E-state index is 0.508. The molecule has 0 spiro atoms. The highest BCUT2D eigenvalue weighted by atomic mass is 32.1. The Balaban J connectivity index is 1.94. The number of hydrogen-bond donors (Lipinski definition) is 1. The van der Waals surface area contributed by atoms with Gasteiger partial charge in [-0.2, -0.15) is 0 Å². The quantitative estimate of drug-likeness (QED) is 0.846. The van der Waals surface area contributed by atoms with E-state index >= 15 is 0 Å². The zero-order chi connectivity index (χ0) is 13.7. The Kier molecular flexibility index (Phi) is 4.53. The van der Waals surface area contributed by atoms with Gasteiger partial charge >= 0.3 is 0 Å². The Hall–Kier alpha value is -1.87. The molecule has 0 heterocycles. The largest absolute Gasteiger partial charge is 0.489 e. The molecule has 0 aliphatic heterocycles.